The molecule has 0 radical (unpaired) electrons. The van der Waals surface area contributed by atoms with Crippen molar-refractivity contribution in [3.63, 3.8) is 0 Å². The highest BCUT2D eigenvalue weighted by molar-refractivity contribution is 14.0. The molecular weight excluding hydrogens is 428 g/mol. The third-order valence-electron chi connectivity index (χ3n) is 3.81. The van der Waals surface area contributed by atoms with Crippen LogP contribution in [0.4, 0.5) is 4.39 Å². The van der Waals surface area contributed by atoms with Crippen LogP contribution in [0.2, 0.25) is 0 Å². The summed E-state index contributed by atoms with van der Waals surface area (Å²) < 4.78 is 13.4. The van der Waals surface area contributed by atoms with Gasteiger partial charge >= 0.3 is 0 Å². The predicted octanol–water partition coefficient (Wildman–Crippen LogP) is 3.30. The molecule has 2 N–H and O–H groups in total. The lowest BCUT2D eigenvalue weighted by Gasteiger charge is -2.36. The number of aliphatic imine (C=N–C) groups is 1. The van der Waals surface area contributed by atoms with Gasteiger partial charge in [0.15, 0.2) is 17.5 Å². The van der Waals surface area contributed by atoms with Crippen molar-refractivity contribution in [3.05, 3.63) is 29.6 Å². The minimum atomic E-state index is -0.594. The Bertz CT molecular complexity index is 542. The van der Waals surface area contributed by atoms with Crippen LogP contribution in [-0.4, -0.2) is 47.1 Å². The highest BCUT2D eigenvalue weighted by Gasteiger charge is 2.24. The fourth-order valence-corrected chi connectivity index (χ4v) is 3.74. The maximum atomic E-state index is 13.4. The third kappa shape index (κ3) is 5.70. The summed E-state index contributed by atoms with van der Waals surface area (Å²) >= 11 is 2.02. The molecule has 1 unspecified atom stereocenters. The zero-order chi connectivity index (χ0) is 16.1. The lowest BCUT2D eigenvalue weighted by atomic mass is 10.1. The molecule has 130 valence electrons. The van der Waals surface area contributed by atoms with E-state index in [9.17, 15) is 9.50 Å². The molecule has 1 aromatic rings. The van der Waals surface area contributed by atoms with Crippen LogP contribution >= 0.6 is 35.7 Å². The zero-order valence-electron chi connectivity index (χ0n) is 13.8. The van der Waals surface area contributed by atoms with Gasteiger partial charge in [0.25, 0.3) is 0 Å². The molecule has 1 aromatic carbocycles. The van der Waals surface area contributed by atoms with E-state index in [4.69, 9.17) is 0 Å². The van der Waals surface area contributed by atoms with Crippen LogP contribution in [0.1, 0.15) is 19.4 Å². The maximum absolute atomic E-state index is 13.4. The molecule has 4 nitrogen and oxygen atoms in total. The highest BCUT2D eigenvalue weighted by Crippen LogP contribution is 2.25. The van der Waals surface area contributed by atoms with E-state index < -0.39 is 5.82 Å². The summed E-state index contributed by atoms with van der Waals surface area (Å²) in [6, 6.07) is 4.43. The highest BCUT2D eigenvalue weighted by atomic mass is 127. The van der Waals surface area contributed by atoms with Crippen molar-refractivity contribution >= 4 is 41.7 Å². The van der Waals surface area contributed by atoms with E-state index in [1.165, 1.54) is 12.1 Å². The van der Waals surface area contributed by atoms with Gasteiger partial charge in [0.1, 0.15) is 0 Å². The quantitative estimate of drug-likeness (QED) is 0.419. The standard InChI is InChI=1S/C16H24FN3OS.HI/c1-11(2)15-10-20(6-7-22-15)16(18-3)19-9-12-4-5-14(21)13(17)8-12;/h4-5,8,11,15,21H,6-7,9-10H2,1-3H3,(H,18,19);1H. The lowest BCUT2D eigenvalue weighted by Crippen LogP contribution is -2.48. The third-order valence-corrected chi connectivity index (χ3v) is 5.35. The second-order valence-corrected chi connectivity index (χ2v) is 7.13. The zero-order valence-corrected chi connectivity index (χ0v) is 16.9. The van der Waals surface area contributed by atoms with Crippen molar-refractivity contribution in [2.75, 3.05) is 25.9 Å². The van der Waals surface area contributed by atoms with E-state index in [1.54, 1.807) is 13.1 Å². The van der Waals surface area contributed by atoms with Crippen LogP contribution in [-0.2, 0) is 6.54 Å². The van der Waals surface area contributed by atoms with Gasteiger partial charge in [-0.05, 0) is 23.6 Å². The van der Waals surface area contributed by atoms with E-state index in [0.29, 0.717) is 17.7 Å². The second kappa shape index (κ2) is 9.56. The number of hydrogen-bond acceptors (Lipinski definition) is 3. The molecule has 0 spiro atoms. The molecule has 2 rings (SSSR count). The van der Waals surface area contributed by atoms with E-state index >= 15 is 0 Å². The number of halogens is 2. The van der Waals surface area contributed by atoms with Crippen LogP contribution < -0.4 is 5.32 Å². The van der Waals surface area contributed by atoms with Crippen molar-refractivity contribution in [2.24, 2.45) is 10.9 Å². The molecule has 0 aromatic heterocycles. The molecule has 1 aliphatic heterocycles. The molecule has 0 bridgehead atoms. The molecule has 23 heavy (non-hydrogen) atoms. The molecule has 1 saturated heterocycles. The molecule has 1 heterocycles. The number of rotatable bonds is 3. The van der Waals surface area contributed by atoms with Gasteiger partial charge in [-0.1, -0.05) is 19.9 Å². The molecule has 0 aliphatic carbocycles. The van der Waals surface area contributed by atoms with Crippen molar-refractivity contribution in [3.8, 4) is 5.75 Å². The Morgan fingerprint density at radius 1 is 1.52 bits per heavy atom. The summed E-state index contributed by atoms with van der Waals surface area (Å²) in [5.41, 5.74) is 0.781. The minimum absolute atomic E-state index is 0. The molecule has 7 heteroatoms. The van der Waals surface area contributed by atoms with Gasteiger partial charge < -0.3 is 15.3 Å². The Kier molecular flexibility index (Phi) is 8.46. The number of phenolic OH excluding ortho intramolecular Hbond substituents is 1. The lowest BCUT2D eigenvalue weighted by molar-refractivity contribution is 0.380. The average Bonchev–Trinajstić information content (AvgIpc) is 2.51. The van der Waals surface area contributed by atoms with Gasteiger partial charge in [-0.25, -0.2) is 4.39 Å². The first-order valence-electron chi connectivity index (χ1n) is 7.56. The molecule has 1 atom stereocenters. The number of thioether (sulfide) groups is 1. The van der Waals surface area contributed by atoms with Crippen LogP contribution in [0.5, 0.6) is 5.75 Å². The topological polar surface area (TPSA) is 47.9 Å². The Morgan fingerprint density at radius 3 is 2.87 bits per heavy atom. The number of hydrogen-bond donors (Lipinski definition) is 2. The van der Waals surface area contributed by atoms with E-state index in [1.807, 2.05) is 11.8 Å². The molecule has 1 aliphatic rings. The minimum Gasteiger partial charge on any atom is -0.505 e. The number of benzene rings is 1. The van der Waals surface area contributed by atoms with E-state index in [0.717, 1.165) is 30.4 Å². The Hall–Kier alpha value is -0.700. The Balaban J connectivity index is 0.00000264. The summed E-state index contributed by atoms with van der Waals surface area (Å²) in [6.45, 7) is 6.93. The van der Waals surface area contributed by atoms with Crippen LogP contribution in [0.3, 0.4) is 0 Å². The van der Waals surface area contributed by atoms with Crippen molar-refractivity contribution in [1.29, 1.82) is 0 Å². The van der Waals surface area contributed by atoms with Crippen molar-refractivity contribution < 1.29 is 9.50 Å². The van der Waals surface area contributed by atoms with Crippen LogP contribution in [0.25, 0.3) is 0 Å². The number of nitrogens with one attached hydrogen (secondary N) is 1. The normalized spacial score (nSPS) is 18.7. The van der Waals surface area contributed by atoms with E-state index in [2.05, 4.69) is 29.1 Å². The summed E-state index contributed by atoms with van der Waals surface area (Å²) in [7, 11) is 1.77. The van der Waals surface area contributed by atoms with Gasteiger partial charge in [0, 0.05) is 37.7 Å². The second-order valence-electron chi connectivity index (χ2n) is 5.79. The van der Waals surface area contributed by atoms with Crippen molar-refractivity contribution in [1.82, 2.24) is 10.2 Å². The summed E-state index contributed by atoms with van der Waals surface area (Å²) in [5, 5.41) is 13.1. The molecule has 1 fully saturated rings. The summed E-state index contributed by atoms with van der Waals surface area (Å²) in [5.74, 6) is 1.67. The molecule has 0 amide bonds. The average molecular weight is 453 g/mol. The van der Waals surface area contributed by atoms with Gasteiger partial charge in [-0.15, -0.1) is 24.0 Å². The number of aromatic hydroxyl groups is 1. The Morgan fingerprint density at radius 2 is 2.26 bits per heavy atom. The first-order chi connectivity index (χ1) is 10.5. The van der Waals surface area contributed by atoms with Gasteiger partial charge in [-0.3, -0.25) is 4.99 Å². The summed E-state index contributed by atoms with van der Waals surface area (Å²) in [6.07, 6.45) is 0. The summed E-state index contributed by atoms with van der Waals surface area (Å²) in [4.78, 5) is 6.60. The molecular formula is C16H25FIN3OS. The first kappa shape index (κ1) is 20.3. The smallest absolute Gasteiger partial charge is 0.193 e. The van der Waals surface area contributed by atoms with Crippen molar-refractivity contribution in [2.45, 2.75) is 25.6 Å². The fourth-order valence-electron chi connectivity index (χ4n) is 2.44. The van der Waals surface area contributed by atoms with Crippen LogP contribution in [0, 0.1) is 11.7 Å². The molecule has 0 saturated carbocycles. The maximum Gasteiger partial charge on any atom is 0.193 e. The van der Waals surface area contributed by atoms with Crippen LogP contribution in [0.15, 0.2) is 23.2 Å². The van der Waals surface area contributed by atoms with Gasteiger partial charge in [0.2, 0.25) is 0 Å². The SMILES string of the molecule is CN=C(NCc1ccc(O)c(F)c1)N1CCSC(C(C)C)C1.I. The first-order valence-corrected chi connectivity index (χ1v) is 8.60. The number of guanidine groups is 1. The largest absolute Gasteiger partial charge is 0.505 e. The predicted molar refractivity (Wildman–Crippen MR) is 106 cm³/mol. The fraction of sp³-hybridized carbons (Fsp3) is 0.562. The van der Waals surface area contributed by atoms with Gasteiger partial charge in [-0.2, -0.15) is 11.8 Å². The number of phenols is 1. The number of nitrogens with zero attached hydrogens (tertiary/aromatic N) is 2. The van der Waals surface area contributed by atoms with Gasteiger partial charge in [0.05, 0.1) is 0 Å². The van der Waals surface area contributed by atoms with E-state index in [-0.39, 0.29) is 29.7 Å². The Labute approximate surface area is 159 Å². The monoisotopic (exact) mass is 453 g/mol.